The fraction of sp³-hybridized carbons (Fsp3) is 0.364. The maximum Gasteiger partial charge on any atom is 0.212 e. The van der Waals surface area contributed by atoms with Crippen molar-refractivity contribution in [3.05, 3.63) is 17.1 Å². The molecule has 0 saturated heterocycles. The standard InChI is InChI=1S/C11H14N6S/c1-3-16(4-2)10-8(7-12)9(13)17(15-10)11-14-5-6-18-11/h5-6H,3-4,13H2,1-2H3. The molecule has 2 aromatic rings. The Hall–Kier alpha value is -2.07. The molecule has 0 aliphatic carbocycles. The van der Waals surface area contributed by atoms with Crippen LogP contribution in [0.3, 0.4) is 0 Å². The molecule has 2 aromatic heterocycles. The lowest BCUT2D eigenvalue weighted by atomic mass is 10.3. The average molecular weight is 262 g/mol. The summed E-state index contributed by atoms with van der Waals surface area (Å²) in [6.07, 6.45) is 1.68. The van der Waals surface area contributed by atoms with E-state index in [1.165, 1.54) is 16.0 Å². The molecule has 0 fully saturated rings. The van der Waals surface area contributed by atoms with E-state index in [2.05, 4.69) is 16.2 Å². The highest BCUT2D eigenvalue weighted by Gasteiger charge is 2.20. The summed E-state index contributed by atoms with van der Waals surface area (Å²) in [5.74, 6) is 0.963. The molecule has 0 atom stereocenters. The van der Waals surface area contributed by atoms with Gasteiger partial charge in [-0.15, -0.1) is 16.4 Å². The predicted octanol–water partition coefficient (Wildman–Crippen LogP) is 1.63. The Morgan fingerprint density at radius 2 is 2.22 bits per heavy atom. The Labute approximate surface area is 109 Å². The summed E-state index contributed by atoms with van der Waals surface area (Å²) in [4.78, 5) is 6.16. The first-order chi connectivity index (χ1) is 8.72. The lowest BCUT2D eigenvalue weighted by Crippen LogP contribution is -2.23. The van der Waals surface area contributed by atoms with Crippen LogP contribution in [0.1, 0.15) is 19.4 Å². The molecule has 6 nitrogen and oxygen atoms in total. The van der Waals surface area contributed by atoms with Gasteiger partial charge in [0.05, 0.1) is 0 Å². The van der Waals surface area contributed by atoms with Gasteiger partial charge in [0, 0.05) is 24.7 Å². The van der Waals surface area contributed by atoms with E-state index in [-0.39, 0.29) is 0 Å². The van der Waals surface area contributed by atoms with E-state index < -0.39 is 0 Å². The van der Waals surface area contributed by atoms with Gasteiger partial charge in [-0.3, -0.25) is 0 Å². The molecule has 0 unspecified atom stereocenters. The molecule has 0 amide bonds. The molecular weight excluding hydrogens is 248 g/mol. The highest BCUT2D eigenvalue weighted by Crippen LogP contribution is 2.27. The number of nitrogen functional groups attached to an aromatic ring is 1. The van der Waals surface area contributed by atoms with Crippen LogP contribution in [-0.4, -0.2) is 27.9 Å². The first-order valence-electron chi connectivity index (χ1n) is 5.66. The number of thiazole rings is 1. The van der Waals surface area contributed by atoms with Crippen molar-refractivity contribution in [2.24, 2.45) is 0 Å². The zero-order valence-corrected chi connectivity index (χ0v) is 11.1. The number of nitrogens with zero attached hydrogens (tertiary/aromatic N) is 5. The van der Waals surface area contributed by atoms with Crippen LogP contribution in [0.25, 0.3) is 5.13 Å². The molecule has 7 heteroatoms. The normalized spacial score (nSPS) is 10.3. The summed E-state index contributed by atoms with van der Waals surface area (Å²) in [7, 11) is 0. The predicted molar refractivity (Wildman–Crippen MR) is 71.9 cm³/mol. The minimum absolute atomic E-state index is 0.342. The van der Waals surface area contributed by atoms with E-state index in [0.29, 0.717) is 22.3 Å². The van der Waals surface area contributed by atoms with Gasteiger partial charge in [0.25, 0.3) is 0 Å². The van der Waals surface area contributed by atoms with Gasteiger partial charge in [0.15, 0.2) is 5.82 Å². The summed E-state index contributed by atoms with van der Waals surface area (Å²) in [6, 6.07) is 2.12. The van der Waals surface area contributed by atoms with Crippen LogP contribution in [0.5, 0.6) is 0 Å². The molecule has 94 valence electrons. The zero-order chi connectivity index (χ0) is 13.1. The summed E-state index contributed by atoms with van der Waals surface area (Å²) in [5.41, 5.74) is 6.38. The third-order valence-electron chi connectivity index (χ3n) is 2.68. The van der Waals surface area contributed by atoms with E-state index in [1.54, 1.807) is 6.20 Å². The Bertz CT molecular complexity index is 561. The first kappa shape index (κ1) is 12.4. The fourth-order valence-corrected chi connectivity index (χ4v) is 2.34. The molecule has 2 rings (SSSR count). The fourth-order valence-electron chi connectivity index (χ4n) is 1.74. The molecule has 0 radical (unpaired) electrons. The van der Waals surface area contributed by atoms with E-state index in [9.17, 15) is 5.26 Å². The van der Waals surface area contributed by atoms with Crippen LogP contribution in [0, 0.1) is 11.3 Å². The lowest BCUT2D eigenvalue weighted by Gasteiger charge is -2.17. The van der Waals surface area contributed by atoms with Crippen molar-refractivity contribution in [3.63, 3.8) is 0 Å². The van der Waals surface area contributed by atoms with Crippen LogP contribution in [0.4, 0.5) is 11.6 Å². The third-order valence-corrected chi connectivity index (χ3v) is 3.42. The number of nitriles is 1. The highest BCUT2D eigenvalue weighted by atomic mass is 32.1. The molecule has 0 saturated carbocycles. The maximum atomic E-state index is 9.22. The summed E-state index contributed by atoms with van der Waals surface area (Å²) in [6.45, 7) is 5.59. The summed E-state index contributed by atoms with van der Waals surface area (Å²) >= 11 is 1.43. The minimum atomic E-state index is 0.342. The van der Waals surface area contributed by atoms with Crippen molar-refractivity contribution in [2.45, 2.75) is 13.8 Å². The summed E-state index contributed by atoms with van der Waals surface area (Å²) < 4.78 is 1.52. The number of nitrogens with two attached hydrogens (primary N) is 1. The Morgan fingerprint density at radius 1 is 1.50 bits per heavy atom. The van der Waals surface area contributed by atoms with Crippen LogP contribution in [0.2, 0.25) is 0 Å². The molecule has 0 bridgehead atoms. The number of aromatic nitrogens is 3. The second-order valence-electron chi connectivity index (χ2n) is 3.59. The average Bonchev–Trinajstić information content (AvgIpc) is 2.99. The van der Waals surface area contributed by atoms with Gasteiger partial charge in [-0.25, -0.2) is 4.98 Å². The SMILES string of the molecule is CCN(CC)c1nn(-c2nccs2)c(N)c1C#N. The topological polar surface area (TPSA) is 83.8 Å². The smallest absolute Gasteiger partial charge is 0.212 e. The summed E-state index contributed by atoms with van der Waals surface area (Å²) in [5, 5.41) is 16.1. The van der Waals surface area contributed by atoms with Gasteiger partial charge in [0.1, 0.15) is 17.5 Å². The Morgan fingerprint density at radius 3 is 2.72 bits per heavy atom. The second kappa shape index (κ2) is 5.06. The van der Waals surface area contributed by atoms with Gasteiger partial charge in [0.2, 0.25) is 5.13 Å². The van der Waals surface area contributed by atoms with E-state index >= 15 is 0 Å². The van der Waals surface area contributed by atoms with Crippen molar-refractivity contribution in [1.82, 2.24) is 14.8 Å². The maximum absolute atomic E-state index is 9.22. The van der Waals surface area contributed by atoms with Crippen molar-refractivity contribution in [2.75, 3.05) is 23.7 Å². The molecule has 18 heavy (non-hydrogen) atoms. The molecule has 0 aromatic carbocycles. The molecular formula is C11H14N6S. The van der Waals surface area contributed by atoms with Gasteiger partial charge >= 0.3 is 0 Å². The van der Waals surface area contributed by atoms with Crippen molar-refractivity contribution in [1.29, 1.82) is 5.26 Å². The van der Waals surface area contributed by atoms with Crippen molar-refractivity contribution < 1.29 is 0 Å². The molecule has 0 aliphatic rings. The third kappa shape index (κ3) is 1.91. The molecule has 2 heterocycles. The quantitative estimate of drug-likeness (QED) is 0.905. The Balaban J connectivity index is 2.56. The van der Waals surface area contributed by atoms with E-state index in [0.717, 1.165) is 13.1 Å². The van der Waals surface area contributed by atoms with Crippen LogP contribution in [-0.2, 0) is 0 Å². The number of hydrogen-bond acceptors (Lipinski definition) is 6. The second-order valence-corrected chi connectivity index (χ2v) is 4.47. The van der Waals surface area contributed by atoms with Gasteiger partial charge in [-0.05, 0) is 13.8 Å². The molecule has 2 N–H and O–H groups in total. The van der Waals surface area contributed by atoms with Crippen LogP contribution >= 0.6 is 11.3 Å². The largest absolute Gasteiger partial charge is 0.382 e. The van der Waals surface area contributed by atoms with Gasteiger partial charge < -0.3 is 10.6 Å². The Kier molecular flexibility index (Phi) is 3.48. The van der Waals surface area contributed by atoms with Crippen LogP contribution < -0.4 is 10.6 Å². The lowest BCUT2D eigenvalue weighted by molar-refractivity contribution is 0.806. The van der Waals surface area contributed by atoms with Gasteiger partial charge in [-0.2, -0.15) is 9.94 Å². The van der Waals surface area contributed by atoms with E-state index in [4.69, 9.17) is 5.73 Å². The number of hydrogen-bond donors (Lipinski definition) is 1. The number of rotatable bonds is 4. The molecule has 0 aliphatic heterocycles. The first-order valence-corrected chi connectivity index (χ1v) is 6.54. The zero-order valence-electron chi connectivity index (χ0n) is 10.3. The monoisotopic (exact) mass is 262 g/mol. The van der Waals surface area contributed by atoms with Crippen LogP contribution in [0.15, 0.2) is 11.6 Å². The minimum Gasteiger partial charge on any atom is -0.382 e. The van der Waals surface area contributed by atoms with Crippen molar-refractivity contribution >= 4 is 23.0 Å². The van der Waals surface area contributed by atoms with Crippen molar-refractivity contribution in [3.8, 4) is 11.2 Å². The highest BCUT2D eigenvalue weighted by molar-refractivity contribution is 7.12. The number of anilines is 2. The van der Waals surface area contributed by atoms with E-state index in [1.807, 2.05) is 24.1 Å². The molecule has 0 spiro atoms. The van der Waals surface area contributed by atoms with Gasteiger partial charge in [-0.1, -0.05) is 0 Å².